The number of aromatic carboxylic acids is 1. The number of hydrogen-bond acceptors (Lipinski definition) is 5. The van der Waals surface area contributed by atoms with Crippen LogP contribution in [0.25, 0.3) is 21.9 Å². The summed E-state index contributed by atoms with van der Waals surface area (Å²) in [5.74, 6) is 0.454. The van der Waals surface area contributed by atoms with Crippen LogP contribution in [-0.2, 0) is 0 Å². The predicted molar refractivity (Wildman–Crippen MR) is 108 cm³/mol. The maximum Gasteiger partial charge on any atom is 0.335 e. The third-order valence-corrected chi connectivity index (χ3v) is 5.41. The topological polar surface area (TPSA) is 76.7 Å². The third kappa shape index (κ3) is 4.11. The smallest absolute Gasteiger partial charge is 0.335 e. The van der Waals surface area contributed by atoms with Gasteiger partial charge in [-0.25, -0.2) is 4.79 Å². The Morgan fingerprint density at radius 1 is 1.15 bits per heavy atom. The number of carboxylic acid groups (broad SMARTS) is 1. The van der Waals surface area contributed by atoms with E-state index in [9.17, 15) is 14.7 Å². The fraction of sp³-hybridized carbons (Fsp3) is 0.333. The second kappa shape index (κ2) is 8.48. The van der Waals surface area contributed by atoms with Gasteiger partial charge in [-0.2, -0.15) is 0 Å². The van der Waals surface area contributed by atoms with Gasteiger partial charge in [0.15, 0.2) is 5.58 Å². The minimum absolute atomic E-state index is 0.0603. The Hall–Kier alpha value is -2.47. The summed E-state index contributed by atoms with van der Waals surface area (Å²) < 4.78 is 11.8. The lowest BCUT2D eigenvalue weighted by molar-refractivity contribution is 0.0697. The van der Waals surface area contributed by atoms with E-state index in [0.717, 1.165) is 29.9 Å². The summed E-state index contributed by atoms with van der Waals surface area (Å²) in [6, 6.07) is 7.96. The van der Waals surface area contributed by atoms with Crippen LogP contribution in [0.2, 0.25) is 0 Å². The molecular weight excluding hydrogens is 364 g/mol. The van der Waals surface area contributed by atoms with Gasteiger partial charge in [0.1, 0.15) is 11.3 Å². The molecule has 0 aliphatic carbocycles. The lowest BCUT2D eigenvalue weighted by atomic mass is 10.1. The fourth-order valence-corrected chi connectivity index (χ4v) is 3.68. The van der Waals surface area contributed by atoms with Gasteiger partial charge in [0, 0.05) is 0 Å². The molecule has 142 valence electrons. The SMILES string of the molecule is CCCCOc1cc(SCCC)c2oc3ccc(C(=O)O)cc3c(=O)c2c1. The molecule has 1 N–H and O–H groups in total. The van der Waals surface area contributed by atoms with E-state index >= 15 is 0 Å². The zero-order valence-corrected chi connectivity index (χ0v) is 16.2. The van der Waals surface area contributed by atoms with Crippen molar-refractivity contribution in [2.24, 2.45) is 0 Å². The first kappa shape index (κ1) is 19.3. The minimum Gasteiger partial charge on any atom is -0.494 e. The molecule has 0 atom stereocenters. The van der Waals surface area contributed by atoms with Gasteiger partial charge >= 0.3 is 5.97 Å². The van der Waals surface area contributed by atoms with Crippen molar-refractivity contribution in [1.29, 1.82) is 0 Å². The molecule has 3 rings (SSSR count). The second-order valence-electron chi connectivity index (χ2n) is 6.30. The minimum atomic E-state index is -1.08. The summed E-state index contributed by atoms with van der Waals surface area (Å²) in [5, 5.41) is 9.88. The first-order chi connectivity index (χ1) is 13.0. The van der Waals surface area contributed by atoms with Crippen LogP contribution in [0.15, 0.2) is 44.4 Å². The van der Waals surface area contributed by atoms with Crippen LogP contribution >= 0.6 is 11.8 Å². The van der Waals surface area contributed by atoms with Crippen molar-refractivity contribution in [1.82, 2.24) is 0 Å². The summed E-state index contributed by atoms with van der Waals surface area (Å²) in [4.78, 5) is 25.2. The van der Waals surface area contributed by atoms with Crippen LogP contribution in [0.5, 0.6) is 5.75 Å². The quantitative estimate of drug-likeness (QED) is 0.320. The normalized spacial score (nSPS) is 11.2. The predicted octanol–water partition coefficient (Wildman–Crippen LogP) is 5.33. The van der Waals surface area contributed by atoms with Crippen LogP contribution < -0.4 is 10.2 Å². The highest BCUT2D eigenvalue weighted by Crippen LogP contribution is 2.33. The number of carbonyl (C=O) groups is 1. The Morgan fingerprint density at radius 3 is 2.67 bits per heavy atom. The van der Waals surface area contributed by atoms with Crippen molar-refractivity contribution in [3.63, 3.8) is 0 Å². The lowest BCUT2D eigenvalue weighted by Gasteiger charge is -2.11. The number of rotatable bonds is 8. The van der Waals surface area contributed by atoms with Gasteiger partial charge in [0.25, 0.3) is 0 Å². The zero-order valence-electron chi connectivity index (χ0n) is 15.4. The standard InChI is InChI=1S/C21H22O5S/c1-3-5-8-25-14-11-16-19(22)15-10-13(21(23)24)6-7-17(15)26-20(16)18(12-14)27-9-4-2/h6-7,10-12H,3-5,8-9H2,1-2H3,(H,23,24). The van der Waals surface area contributed by atoms with Crippen LogP contribution in [-0.4, -0.2) is 23.4 Å². The molecule has 0 spiro atoms. The molecule has 1 aromatic heterocycles. The molecule has 3 aromatic rings. The average Bonchev–Trinajstić information content (AvgIpc) is 2.67. The van der Waals surface area contributed by atoms with E-state index in [-0.39, 0.29) is 16.4 Å². The van der Waals surface area contributed by atoms with Crippen molar-refractivity contribution >= 4 is 39.7 Å². The van der Waals surface area contributed by atoms with E-state index in [1.54, 1.807) is 23.9 Å². The molecular formula is C21H22O5S. The van der Waals surface area contributed by atoms with E-state index in [1.807, 2.05) is 6.07 Å². The van der Waals surface area contributed by atoms with E-state index in [2.05, 4.69) is 13.8 Å². The Kier molecular flexibility index (Phi) is 6.06. The average molecular weight is 386 g/mol. The van der Waals surface area contributed by atoms with Crippen molar-refractivity contribution < 1.29 is 19.1 Å². The largest absolute Gasteiger partial charge is 0.494 e. The number of hydrogen-bond donors (Lipinski definition) is 1. The molecule has 0 aliphatic rings. The van der Waals surface area contributed by atoms with Crippen LogP contribution in [0.1, 0.15) is 43.5 Å². The van der Waals surface area contributed by atoms with Gasteiger partial charge in [-0.05, 0) is 48.9 Å². The van der Waals surface area contributed by atoms with Crippen molar-refractivity contribution in [2.45, 2.75) is 38.0 Å². The Labute approximate surface area is 161 Å². The van der Waals surface area contributed by atoms with Crippen molar-refractivity contribution in [3.8, 4) is 5.75 Å². The number of benzene rings is 2. The van der Waals surface area contributed by atoms with Gasteiger partial charge < -0.3 is 14.3 Å². The Morgan fingerprint density at radius 2 is 1.96 bits per heavy atom. The molecule has 6 heteroatoms. The first-order valence-corrected chi connectivity index (χ1v) is 10.1. The fourth-order valence-electron chi connectivity index (χ4n) is 2.77. The maximum atomic E-state index is 13.1. The molecule has 0 aliphatic heterocycles. The van der Waals surface area contributed by atoms with Gasteiger partial charge in [0.05, 0.1) is 27.8 Å². The number of unbranched alkanes of at least 4 members (excludes halogenated alkanes) is 1. The van der Waals surface area contributed by atoms with E-state index in [4.69, 9.17) is 9.15 Å². The zero-order chi connectivity index (χ0) is 19.4. The monoisotopic (exact) mass is 386 g/mol. The second-order valence-corrected chi connectivity index (χ2v) is 7.43. The number of fused-ring (bicyclic) bond motifs is 2. The first-order valence-electron chi connectivity index (χ1n) is 9.08. The van der Waals surface area contributed by atoms with Crippen LogP contribution in [0.3, 0.4) is 0 Å². The molecule has 0 bridgehead atoms. The van der Waals surface area contributed by atoms with Gasteiger partial charge in [-0.15, -0.1) is 11.8 Å². The summed E-state index contributed by atoms with van der Waals surface area (Å²) in [7, 11) is 0. The molecule has 0 amide bonds. The molecule has 0 radical (unpaired) electrons. The molecule has 5 nitrogen and oxygen atoms in total. The molecule has 0 fully saturated rings. The van der Waals surface area contributed by atoms with Gasteiger partial charge in [0.2, 0.25) is 5.43 Å². The summed E-state index contributed by atoms with van der Waals surface area (Å²) >= 11 is 1.62. The van der Waals surface area contributed by atoms with Gasteiger partial charge in [-0.1, -0.05) is 20.3 Å². The Bertz CT molecular complexity index is 1040. The highest BCUT2D eigenvalue weighted by atomic mass is 32.2. The van der Waals surface area contributed by atoms with E-state index < -0.39 is 5.97 Å². The summed E-state index contributed by atoms with van der Waals surface area (Å²) in [6.07, 6.45) is 2.95. The molecule has 27 heavy (non-hydrogen) atoms. The van der Waals surface area contributed by atoms with Crippen LogP contribution in [0.4, 0.5) is 0 Å². The Balaban J connectivity index is 2.21. The molecule has 1 heterocycles. The van der Waals surface area contributed by atoms with Crippen molar-refractivity contribution in [3.05, 3.63) is 46.1 Å². The molecule has 2 aromatic carbocycles. The molecule has 0 unspecified atom stereocenters. The summed E-state index contributed by atoms with van der Waals surface area (Å²) in [5.41, 5.74) is 0.728. The van der Waals surface area contributed by atoms with Crippen LogP contribution in [0, 0.1) is 0 Å². The number of carboxylic acids is 1. The van der Waals surface area contributed by atoms with Gasteiger partial charge in [-0.3, -0.25) is 4.79 Å². The third-order valence-electron chi connectivity index (χ3n) is 4.18. The number of ether oxygens (including phenoxy) is 1. The summed E-state index contributed by atoms with van der Waals surface area (Å²) in [6.45, 7) is 4.77. The molecule has 0 saturated heterocycles. The number of thioether (sulfide) groups is 1. The molecule has 0 saturated carbocycles. The highest BCUT2D eigenvalue weighted by Gasteiger charge is 2.15. The maximum absolute atomic E-state index is 13.1. The lowest BCUT2D eigenvalue weighted by Crippen LogP contribution is -2.06. The van der Waals surface area contributed by atoms with E-state index in [1.165, 1.54) is 12.1 Å². The van der Waals surface area contributed by atoms with Crippen molar-refractivity contribution in [2.75, 3.05) is 12.4 Å². The highest BCUT2D eigenvalue weighted by molar-refractivity contribution is 7.99. The van der Waals surface area contributed by atoms with E-state index in [0.29, 0.717) is 28.9 Å².